The van der Waals surface area contributed by atoms with E-state index in [2.05, 4.69) is 28.3 Å². The molecule has 1 aliphatic carbocycles. The number of nitrogens with one attached hydrogen (secondary N) is 1. The number of anilines is 1. The fourth-order valence-electron chi connectivity index (χ4n) is 3.37. The molecule has 1 unspecified atom stereocenters. The van der Waals surface area contributed by atoms with Crippen molar-refractivity contribution in [1.82, 2.24) is 9.97 Å². The fraction of sp³-hybridized carbons (Fsp3) is 0.316. The highest BCUT2D eigenvalue weighted by Gasteiger charge is 2.20. The van der Waals surface area contributed by atoms with Gasteiger partial charge in [-0.1, -0.05) is 12.1 Å². The number of hydrogen-bond donors (Lipinski definition) is 1. The zero-order valence-corrected chi connectivity index (χ0v) is 14.4. The van der Waals surface area contributed by atoms with Crippen LogP contribution in [0.15, 0.2) is 30.6 Å². The number of aryl methyl sites for hydroxylation is 2. The van der Waals surface area contributed by atoms with Crippen LogP contribution in [0.3, 0.4) is 0 Å². The molecule has 24 heavy (non-hydrogen) atoms. The molecule has 1 atom stereocenters. The highest BCUT2D eigenvalue weighted by Crippen LogP contribution is 2.38. The quantitative estimate of drug-likeness (QED) is 0.759. The first kappa shape index (κ1) is 15.1. The highest BCUT2D eigenvalue weighted by molar-refractivity contribution is 7.19. The third-order valence-corrected chi connectivity index (χ3v) is 5.82. The molecular weight excluding hydrogens is 316 g/mol. The summed E-state index contributed by atoms with van der Waals surface area (Å²) < 4.78 is 0. The van der Waals surface area contributed by atoms with Gasteiger partial charge in [0.25, 0.3) is 0 Å². The molecule has 120 valence electrons. The molecule has 0 spiro atoms. The van der Waals surface area contributed by atoms with Gasteiger partial charge in [-0.3, -0.25) is 0 Å². The topological polar surface area (TPSA) is 61.6 Å². The summed E-state index contributed by atoms with van der Waals surface area (Å²) in [5, 5.41) is 13.8. The van der Waals surface area contributed by atoms with Crippen molar-refractivity contribution in [3.8, 4) is 6.07 Å². The van der Waals surface area contributed by atoms with Gasteiger partial charge in [-0.05, 0) is 55.9 Å². The van der Waals surface area contributed by atoms with Crippen LogP contribution in [0.2, 0.25) is 0 Å². The van der Waals surface area contributed by atoms with Crippen LogP contribution in [0.1, 0.15) is 47.4 Å². The number of aromatic nitrogens is 2. The molecule has 2 aromatic heterocycles. The molecule has 4 nitrogen and oxygen atoms in total. The molecule has 1 aromatic carbocycles. The summed E-state index contributed by atoms with van der Waals surface area (Å²) in [6, 6.07) is 10.0. The second kappa shape index (κ2) is 6.21. The summed E-state index contributed by atoms with van der Waals surface area (Å²) >= 11 is 1.81. The third-order valence-electron chi connectivity index (χ3n) is 4.62. The van der Waals surface area contributed by atoms with E-state index in [1.807, 2.05) is 35.6 Å². The van der Waals surface area contributed by atoms with Crippen molar-refractivity contribution < 1.29 is 0 Å². The second-order valence-electron chi connectivity index (χ2n) is 6.22. The van der Waals surface area contributed by atoms with Crippen molar-refractivity contribution in [1.29, 1.82) is 5.26 Å². The lowest BCUT2D eigenvalue weighted by Gasteiger charge is -2.17. The molecule has 1 N–H and O–H groups in total. The van der Waals surface area contributed by atoms with Crippen LogP contribution >= 0.6 is 11.3 Å². The minimum absolute atomic E-state index is 0.0792. The summed E-state index contributed by atoms with van der Waals surface area (Å²) in [6.07, 6.45) is 6.44. The number of hydrogen-bond acceptors (Lipinski definition) is 5. The van der Waals surface area contributed by atoms with Crippen molar-refractivity contribution in [3.63, 3.8) is 0 Å². The first-order chi connectivity index (χ1) is 11.8. The molecule has 4 rings (SSSR count). The van der Waals surface area contributed by atoms with E-state index in [1.54, 1.807) is 6.33 Å². The molecule has 5 heteroatoms. The van der Waals surface area contributed by atoms with E-state index in [1.165, 1.54) is 28.7 Å². The Bertz CT molecular complexity index is 938. The number of nitriles is 1. The van der Waals surface area contributed by atoms with Gasteiger partial charge in [0.05, 0.1) is 23.1 Å². The molecule has 0 saturated carbocycles. The molecule has 0 aliphatic heterocycles. The predicted octanol–water partition coefficient (Wildman–Crippen LogP) is 4.61. The van der Waals surface area contributed by atoms with Crippen LogP contribution < -0.4 is 5.32 Å². The number of nitrogens with zero attached hydrogens (tertiary/aromatic N) is 3. The molecule has 1 aliphatic rings. The fourth-order valence-corrected chi connectivity index (χ4v) is 4.59. The Morgan fingerprint density at radius 2 is 2.12 bits per heavy atom. The number of benzene rings is 1. The van der Waals surface area contributed by atoms with Gasteiger partial charge in [-0.15, -0.1) is 11.3 Å². The molecule has 3 aromatic rings. The number of fused-ring (bicyclic) bond motifs is 3. The summed E-state index contributed by atoms with van der Waals surface area (Å²) in [5.74, 6) is 0.911. The maximum Gasteiger partial charge on any atom is 0.138 e. The van der Waals surface area contributed by atoms with E-state index in [9.17, 15) is 0 Å². The largest absolute Gasteiger partial charge is 0.363 e. The van der Waals surface area contributed by atoms with Crippen LogP contribution in [0.25, 0.3) is 10.2 Å². The first-order valence-electron chi connectivity index (χ1n) is 8.28. The molecule has 0 bridgehead atoms. The molecule has 0 saturated heterocycles. The van der Waals surface area contributed by atoms with Crippen LogP contribution in [0.4, 0.5) is 5.82 Å². The smallest absolute Gasteiger partial charge is 0.138 e. The molecule has 0 radical (unpaired) electrons. The molecule has 0 amide bonds. The highest BCUT2D eigenvalue weighted by atomic mass is 32.1. The van der Waals surface area contributed by atoms with Crippen molar-refractivity contribution in [2.45, 2.75) is 38.6 Å². The summed E-state index contributed by atoms with van der Waals surface area (Å²) in [4.78, 5) is 11.5. The average Bonchev–Trinajstić information content (AvgIpc) is 3.01. The van der Waals surface area contributed by atoms with Crippen molar-refractivity contribution in [2.75, 3.05) is 5.32 Å². The Labute approximate surface area is 145 Å². The Morgan fingerprint density at radius 1 is 1.25 bits per heavy atom. The van der Waals surface area contributed by atoms with Gasteiger partial charge < -0.3 is 5.32 Å². The Kier molecular flexibility index (Phi) is 3.91. The van der Waals surface area contributed by atoms with Gasteiger partial charge in [0.2, 0.25) is 0 Å². The predicted molar refractivity (Wildman–Crippen MR) is 97.3 cm³/mol. The summed E-state index contributed by atoms with van der Waals surface area (Å²) in [5.41, 5.74) is 3.20. The van der Waals surface area contributed by atoms with Crippen LogP contribution in [0, 0.1) is 11.3 Å². The van der Waals surface area contributed by atoms with Crippen LogP contribution in [-0.2, 0) is 12.8 Å². The van der Waals surface area contributed by atoms with E-state index >= 15 is 0 Å². The van der Waals surface area contributed by atoms with Gasteiger partial charge in [0.1, 0.15) is 17.0 Å². The lowest BCUT2D eigenvalue weighted by Crippen LogP contribution is -2.09. The minimum Gasteiger partial charge on any atom is -0.363 e. The van der Waals surface area contributed by atoms with Gasteiger partial charge in [0.15, 0.2) is 0 Å². The summed E-state index contributed by atoms with van der Waals surface area (Å²) in [6.45, 7) is 2.10. The lowest BCUT2D eigenvalue weighted by atomic mass is 9.97. The average molecular weight is 334 g/mol. The van der Waals surface area contributed by atoms with Gasteiger partial charge >= 0.3 is 0 Å². The van der Waals surface area contributed by atoms with E-state index in [-0.39, 0.29) is 6.04 Å². The van der Waals surface area contributed by atoms with Crippen LogP contribution in [0.5, 0.6) is 0 Å². The van der Waals surface area contributed by atoms with Gasteiger partial charge in [0, 0.05) is 4.88 Å². The van der Waals surface area contributed by atoms with Crippen molar-refractivity contribution >= 4 is 27.4 Å². The lowest BCUT2D eigenvalue weighted by molar-refractivity contribution is 0.700. The van der Waals surface area contributed by atoms with E-state index in [0.29, 0.717) is 5.56 Å². The SMILES string of the molecule is CC(Nc1ncnc2sc3c(c12)CCCC3)c1cccc(C#N)c1. The van der Waals surface area contributed by atoms with E-state index in [4.69, 9.17) is 5.26 Å². The molecule has 0 fully saturated rings. The maximum atomic E-state index is 9.09. The van der Waals surface area contributed by atoms with Gasteiger partial charge in [-0.2, -0.15) is 5.26 Å². The zero-order chi connectivity index (χ0) is 16.5. The normalized spacial score (nSPS) is 14.8. The number of rotatable bonds is 3. The monoisotopic (exact) mass is 334 g/mol. The Morgan fingerprint density at radius 3 is 3.00 bits per heavy atom. The Balaban J connectivity index is 1.71. The van der Waals surface area contributed by atoms with Crippen molar-refractivity contribution in [2.24, 2.45) is 0 Å². The zero-order valence-electron chi connectivity index (χ0n) is 13.5. The first-order valence-corrected chi connectivity index (χ1v) is 9.10. The second-order valence-corrected chi connectivity index (χ2v) is 7.30. The van der Waals surface area contributed by atoms with Crippen molar-refractivity contribution in [3.05, 3.63) is 52.2 Å². The van der Waals surface area contributed by atoms with E-state index < -0.39 is 0 Å². The molecular formula is C19H18N4S. The Hall–Kier alpha value is -2.45. The third kappa shape index (κ3) is 2.63. The van der Waals surface area contributed by atoms with E-state index in [0.717, 1.165) is 29.1 Å². The minimum atomic E-state index is 0.0792. The van der Waals surface area contributed by atoms with Gasteiger partial charge in [-0.25, -0.2) is 9.97 Å². The number of thiophene rings is 1. The maximum absolute atomic E-state index is 9.09. The van der Waals surface area contributed by atoms with Crippen LogP contribution in [-0.4, -0.2) is 9.97 Å². The summed E-state index contributed by atoms with van der Waals surface area (Å²) in [7, 11) is 0. The molecule has 2 heterocycles. The standard InChI is InChI=1S/C19H18N4S/c1-12(14-6-4-5-13(9-14)10-20)23-18-17-15-7-2-3-8-16(15)24-19(17)22-11-21-18/h4-6,9,11-12H,2-3,7-8H2,1H3,(H,21,22,23).